The molecule has 1 rings (SSSR count). The van der Waals surface area contributed by atoms with E-state index in [1.807, 2.05) is 0 Å². The zero-order valence-electron chi connectivity index (χ0n) is 9.07. The van der Waals surface area contributed by atoms with Crippen molar-refractivity contribution in [3.8, 4) is 0 Å². The Morgan fingerprint density at radius 2 is 1.94 bits per heavy atom. The number of carbonyl (C=O) groups is 3. The Balaban J connectivity index is 2.33. The number of Topliss-reactive ketones (excluding diaryl/α,β-unsaturated/α-hetero) is 1. The van der Waals surface area contributed by atoms with Gasteiger partial charge in [0.1, 0.15) is 5.78 Å². The third-order valence-corrected chi connectivity index (χ3v) is 2.42. The fourth-order valence-corrected chi connectivity index (χ4v) is 1.46. The molecule has 6 nitrogen and oxygen atoms in total. The van der Waals surface area contributed by atoms with Crippen LogP contribution in [0.15, 0.2) is 0 Å². The maximum atomic E-state index is 11.5. The number of nitrogens with one attached hydrogen (secondary N) is 1. The Morgan fingerprint density at radius 1 is 1.31 bits per heavy atom. The smallest absolute Gasteiger partial charge is 0.311 e. The monoisotopic (exact) mass is 228 g/mol. The van der Waals surface area contributed by atoms with Crippen LogP contribution in [0.25, 0.3) is 0 Å². The highest BCUT2D eigenvalue weighted by Gasteiger charge is 2.25. The third kappa shape index (κ3) is 3.62. The summed E-state index contributed by atoms with van der Waals surface area (Å²) in [7, 11) is 0. The number of hydrogen-bond acceptors (Lipinski definition) is 4. The molecule has 16 heavy (non-hydrogen) atoms. The van der Waals surface area contributed by atoms with Crippen molar-refractivity contribution in [2.24, 2.45) is 0 Å². The minimum Gasteiger partial charge on any atom is -0.396 e. The Labute approximate surface area is 93.6 Å². The van der Waals surface area contributed by atoms with E-state index in [2.05, 4.69) is 5.32 Å². The van der Waals surface area contributed by atoms with Gasteiger partial charge in [0, 0.05) is 39.1 Å². The van der Waals surface area contributed by atoms with Crippen molar-refractivity contribution in [3.05, 3.63) is 0 Å². The molecule has 1 heterocycles. The molecule has 90 valence electrons. The van der Waals surface area contributed by atoms with Gasteiger partial charge in [0.25, 0.3) is 0 Å². The molecule has 1 aliphatic rings. The topological polar surface area (TPSA) is 86.7 Å². The maximum absolute atomic E-state index is 11.5. The van der Waals surface area contributed by atoms with E-state index in [1.54, 1.807) is 0 Å². The van der Waals surface area contributed by atoms with Crippen LogP contribution < -0.4 is 5.32 Å². The van der Waals surface area contributed by atoms with Crippen LogP contribution in [-0.2, 0) is 14.4 Å². The highest BCUT2D eigenvalue weighted by Crippen LogP contribution is 2.05. The average molecular weight is 228 g/mol. The molecule has 0 aliphatic carbocycles. The normalized spacial score (nSPS) is 16.1. The zero-order valence-corrected chi connectivity index (χ0v) is 9.07. The molecule has 2 amide bonds. The SMILES string of the molecule is O=C1CCN(C(=O)C(=O)NCCCO)CC1. The van der Waals surface area contributed by atoms with Crippen molar-refractivity contribution < 1.29 is 19.5 Å². The highest BCUT2D eigenvalue weighted by atomic mass is 16.3. The van der Waals surface area contributed by atoms with E-state index in [4.69, 9.17) is 5.11 Å². The van der Waals surface area contributed by atoms with Crippen LogP contribution >= 0.6 is 0 Å². The highest BCUT2D eigenvalue weighted by molar-refractivity contribution is 6.35. The number of aliphatic hydroxyl groups is 1. The Hall–Kier alpha value is -1.43. The lowest BCUT2D eigenvalue weighted by Gasteiger charge is -2.25. The molecule has 0 aromatic rings. The van der Waals surface area contributed by atoms with Crippen LogP contribution in [0, 0.1) is 0 Å². The third-order valence-electron chi connectivity index (χ3n) is 2.42. The standard InChI is InChI=1S/C10H16N2O4/c13-7-1-4-11-9(15)10(16)12-5-2-8(14)3-6-12/h13H,1-7H2,(H,11,15). The molecule has 0 spiro atoms. The molecule has 0 radical (unpaired) electrons. The van der Waals surface area contributed by atoms with E-state index in [1.165, 1.54) is 4.90 Å². The number of likely N-dealkylation sites (tertiary alicyclic amines) is 1. The summed E-state index contributed by atoms with van der Waals surface area (Å²) in [5, 5.41) is 10.9. The van der Waals surface area contributed by atoms with Gasteiger partial charge in [-0.25, -0.2) is 0 Å². The van der Waals surface area contributed by atoms with Crippen LogP contribution in [0.4, 0.5) is 0 Å². The molecule has 6 heteroatoms. The summed E-state index contributed by atoms with van der Waals surface area (Å²) in [6.07, 6.45) is 1.09. The lowest BCUT2D eigenvalue weighted by Crippen LogP contribution is -2.46. The molecule has 0 unspecified atom stereocenters. The predicted molar refractivity (Wildman–Crippen MR) is 55.5 cm³/mol. The van der Waals surface area contributed by atoms with Crippen LogP contribution in [0.5, 0.6) is 0 Å². The Bertz CT molecular complexity index is 281. The van der Waals surface area contributed by atoms with Crippen LogP contribution in [-0.4, -0.2) is 53.8 Å². The van der Waals surface area contributed by atoms with E-state index in [0.29, 0.717) is 32.4 Å². The number of nitrogens with zero attached hydrogens (tertiary/aromatic N) is 1. The first-order valence-electron chi connectivity index (χ1n) is 5.35. The molecule has 2 N–H and O–H groups in total. The molecule has 0 aromatic carbocycles. The zero-order chi connectivity index (χ0) is 12.0. The summed E-state index contributed by atoms with van der Waals surface area (Å²) < 4.78 is 0. The van der Waals surface area contributed by atoms with Gasteiger partial charge in [-0.15, -0.1) is 0 Å². The van der Waals surface area contributed by atoms with Crippen molar-refractivity contribution >= 4 is 17.6 Å². The van der Waals surface area contributed by atoms with Gasteiger partial charge in [-0.1, -0.05) is 0 Å². The van der Waals surface area contributed by atoms with E-state index in [0.717, 1.165) is 0 Å². The van der Waals surface area contributed by atoms with Gasteiger partial charge in [0.2, 0.25) is 0 Å². The lowest BCUT2D eigenvalue weighted by molar-refractivity contribution is -0.147. The van der Waals surface area contributed by atoms with Crippen LogP contribution in [0.2, 0.25) is 0 Å². The predicted octanol–water partition coefficient (Wildman–Crippen LogP) is -1.32. The second kappa shape index (κ2) is 6.22. The second-order valence-corrected chi connectivity index (χ2v) is 3.66. The first-order valence-corrected chi connectivity index (χ1v) is 5.35. The number of rotatable bonds is 3. The van der Waals surface area contributed by atoms with Gasteiger partial charge in [0.05, 0.1) is 0 Å². The summed E-state index contributed by atoms with van der Waals surface area (Å²) in [6, 6.07) is 0. The molecule has 0 aromatic heterocycles. The van der Waals surface area contributed by atoms with Gasteiger partial charge in [0.15, 0.2) is 0 Å². The molecule has 1 saturated heterocycles. The minimum absolute atomic E-state index is 0.0211. The van der Waals surface area contributed by atoms with Gasteiger partial charge in [-0.2, -0.15) is 0 Å². The summed E-state index contributed by atoms with van der Waals surface area (Å²) in [5.74, 6) is -1.13. The van der Waals surface area contributed by atoms with Crippen LogP contribution in [0.1, 0.15) is 19.3 Å². The second-order valence-electron chi connectivity index (χ2n) is 3.66. The molecular weight excluding hydrogens is 212 g/mol. The van der Waals surface area contributed by atoms with E-state index < -0.39 is 11.8 Å². The number of aliphatic hydroxyl groups excluding tert-OH is 1. The average Bonchev–Trinajstić information content (AvgIpc) is 2.29. The molecule has 0 bridgehead atoms. The molecular formula is C10H16N2O4. The molecule has 1 fully saturated rings. The van der Waals surface area contributed by atoms with Gasteiger partial charge >= 0.3 is 11.8 Å². The quantitative estimate of drug-likeness (QED) is 0.463. The largest absolute Gasteiger partial charge is 0.396 e. The van der Waals surface area contributed by atoms with Crippen molar-refractivity contribution in [3.63, 3.8) is 0 Å². The van der Waals surface area contributed by atoms with Gasteiger partial charge in [-0.3, -0.25) is 14.4 Å². The molecule has 0 atom stereocenters. The number of piperidine rings is 1. The fourth-order valence-electron chi connectivity index (χ4n) is 1.46. The number of hydrogen-bond donors (Lipinski definition) is 2. The van der Waals surface area contributed by atoms with Crippen molar-refractivity contribution in [2.75, 3.05) is 26.2 Å². The van der Waals surface area contributed by atoms with E-state index >= 15 is 0 Å². The Kier molecular flexibility index (Phi) is 4.91. The van der Waals surface area contributed by atoms with Gasteiger partial charge in [-0.05, 0) is 6.42 Å². The fraction of sp³-hybridized carbons (Fsp3) is 0.700. The maximum Gasteiger partial charge on any atom is 0.311 e. The minimum atomic E-state index is -0.664. The van der Waals surface area contributed by atoms with Crippen LogP contribution in [0.3, 0.4) is 0 Å². The van der Waals surface area contributed by atoms with Crippen molar-refractivity contribution in [1.82, 2.24) is 10.2 Å². The number of amides is 2. The summed E-state index contributed by atoms with van der Waals surface area (Å²) in [5.41, 5.74) is 0. The molecule has 1 aliphatic heterocycles. The number of ketones is 1. The van der Waals surface area contributed by atoms with Gasteiger partial charge < -0.3 is 15.3 Å². The summed E-state index contributed by atoms with van der Waals surface area (Å²) in [6.45, 7) is 0.913. The summed E-state index contributed by atoms with van der Waals surface area (Å²) in [4.78, 5) is 35.2. The van der Waals surface area contributed by atoms with Crippen molar-refractivity contribution in [2.45, 2.75) is 19.3 Å². The van der Waals surface area contributed by atoms with E-state index in [-0.39, 0.29) is 18.9 Å². The first-order chi connectivity index (χ1) is 7.65. The number of carbonyl (C=O) groups excluding carboxylic acids is 3. The lowest BCUT2D eigenvalue weighted by atomic mass is 10.1. The van der Waals surface area contributed by atoms with Crippen molar-refractivity contribution in [1.29, 1.82) is 0 Å². The summed E-state index contributed by atoms with van der Waals surface area (Å²) >= 11 is 0. The van der Waals surface area contributed by atoms with E-state index in [9.17, 15) is 14.4 Å². The first kappa shape index (κ1) is 12.6. The Morgan fingerprint density at radius 3 is 2.50 bits per heavy atom. The molecule has 0 saturated carbocycles.